The highest BCUT2D eigenvalue weighted by molar-refractivity contribution is 5.91. The molecule has 0 aliphatic heterocycles. The summed E-state index contributed by atoms with van der Waals surface area (Å²) in [7, 11) is 0. The van der Waals surface area contributed by atoms with Crippen molar-refractivity contribution in [3.05, 3.63) is 23.9 Å². The van der Waals surface area contributed by atoms with E-state index in [1.54, 1.807) is 0 Å². The minimum Gasteiger partial charge on any atom is -0.477 e. The summed E-state index contributed by atoms with van der Waals surface area (Å²) in [6, 6.07) is 2.66. The molecule has 0 aromatic carbocycles. The van der Waals surface area contributed by atoms with Crippen molar-refractivity contribution in [2.75, 3.05) is 0 Å². The van der Waals surface area contributed by atoms with E-state index in [-0.39, 0.29) is 11.4 Å². The third-order valence-electron chi connectivity index (χ3n) is 1.54. The summed E-state index contributed by atoms with van der Waals surface area (Å²) >= 11 is 0. The molecule has 0 radical (unpaired) electrons. The number of hydrogen-bond donors (Lipinski definition) is 2. The maximum Gasteiger partial charge on any atom is 0.341 e. The molecule has 0 spiro atoms. The van der Waals surface area contributed by atoms with E-state index in [4.69, 9.17) is 10.2 Å². The van der Waals surface area contributed by atoms with Crippen LogP contribution in [0.2, 0.25) is 0 Å². The molecule has 1 aromatic rings. The molecule has 2 N–H and O–H groups in total. The van der Waals surface area contributed by atoms with Crippen molar-refractivity contribution in [2.45, 2.75) is 13.0 Å². The first kappa shape index (κ1) is 11.1. The number of aromatic nitrogens is 1. The largest absolute Gasteiger partial charge is 0.477 e. The summed E-state index contributed by atoms with van der Waals surface area (Å²) in [5.74, 6) is -2.52. The summed E-state index contributed by atoms with van der Waals surface area (Å²) in [5.41, 5.74) is -0.230. The first-order chi connectivity index (χ1) is 7.02. The Kier molecular flexibility index (Phi) is 3.35. The van der Waals surface area contributed by atoms with Gasteiger partial charge in [-0.2, -0.15) is 0 Å². The van der Waals surface area contributed by atoms with Crippen molar-refractivity contribution >= 4 is 11.9 Å². The van der Waals surface area contributed by atoms with Gasteiger partial charge in [0.05, 0.1) is 0 Å². The van der Waals surface area contributed by atoms with Gasteiger partial charge in [-0.1, -0.05) is 0 Å². The fraction of sp³-hybridized carbons (Fsp3) is 0.222. The molecule has 0 saturated carbocycles. The molecular formula is C9H9NO5. The topological polar surface area (TPSA) is 96.7 Å². The second-order valence-corrected chi connectivity index (χ2v) is 2.76. The number of carboxylic acid groups (broad SMARTS) is 1. The normalized spacial score (nSPS) is 11.9. The van der Waals surface area contributed by atoms with Crippen LogP contribution in [0.25, 0.3) is 0 Å². The van der Waals surface area contributed by atoms with E-state index in [9.17, 15) is 9.59 Å². The van der Waals surface area contributed by atoms with Crippen LogP contribution in [0, 0.1) is 0 Å². The van der Waals surface area contributed by atoms with Crippen molar-refractivity contribution in [1.29, 1.82) is 0 Å². The van der Waals surface area contributed by atoms with Gasteiger partial charge in [-0.05, 0) is 19.1 Å². The van der Waals surface area contributed by atoms with E-state index < -0.39 is 18.0 Å². The van der Waals surface area contributed by atoms with E-state index in [0.29, 0.717) is 0 Å². The highest BCUT2D eigenvalue weighted by atomic mass is 16.6. The summed E-state index contributed by atoms with van der Waals surface area (Å²) in [4.78, 5) is 25.2. The van der Waals surface area contributed by atoms with Crippen molar-refractivity contribution in [2.24, 2.45) is 0 Å². The minimum atomic E-state index is -1.33. The molecule has 6 nitrogen and oxygen atoms in total. The van der Waals surface area contributed by atoms with E-state index in [0.717, 1.165) is 0 Å². The van der Waals surface area contributed by atoms with Crippen LogP contribution in [0.4, 0.5) is 0 Å². The fourth-order valence-electron chi connectivity index (χ4n) is 0.815. The molecule has 80 valence electrons. The molecular weight excluding hydrogens is 202 g/mol. The zero-order valence-electron chi connectivity index (χ0n) is 7.88. The Morgan fingerprint density at radius 2 is 2.20 bits per heavy atom. The van der Waals surface area contributed by atoms with Crippen LogP contribution in [-0.4, -0.2) is 33.2 Å². The van der Waals surface area contributed by atoms with Crippen molar-refractivity contribution in [1.82, 2.24) is 4.98 Å². The van der Waals surface area contributed by atoms with E-state index >= 15 is 0 Å². The quantitative estimate of drug-likeness (QED) is 0.686. The molecule has 0 saturated heterocycles. The van der Waals surface area contributed by atoms with Gasteiger partial charge in [-0.25, -0.2) is 14.6 Å². The Morgan fingerprint density at radius 1 is 1.53 bits per heavy atom. The first-order valence-electron chi connectivity index (χ1n) is 4.10. The number of nitrogens with zero attached hydrogens (tertiary/aromatic N) is 1. The number of carbonyl (C=O) groups excluding carboxylic acids is 1. The number of aromatic carboxylic acids is 1. The van der Waals surface area contributed by atoms with Gasteiger partial charge in [0.1, 0.15) is 11.7 Å². The van der Waals surface area contributed by atoms with Crippen LogP contribution < -0.4 is 4.74 Å². The smallest absolute Gasteiger partial charge is 0.341 e. The summed E-state index contributed by atoms with van der Waals surface area (Å²) < 4.78 is 4.59. The maximum atomic E-state index is 11.0. The Bertz CT molecular complexity index is 388. The average molecular weight is 211 g/mol. The molecule has 0 amide bonds. The Morgan fingerprint density at radius 3 is 2.73 bits per heavy atom. The van der Waals surface area contributed by atoms with E-state index in [1.807, 2.05) is 0 Å². The third-order valence-corrected chi connectivity index (χ3v) is 1.54. The predicted octanol–water partition coefficient (Wildman–Crippen LogP) is 0.0660. The van der Waals surface area contributed by atoms with Crippen LogP contribution >= 0.6 is 0 Å². The van der Waals surface area contributed by atoms with Crippen LogP contribution in [0.3, 0.4) is 0 Å². The number of rotatable bonds is 3. The molecule has 1 rings (SSSR count). The molecule has 0 aliphatic rings. The van der Waals surface area contributed by atoms with Crippen LogP contribution in [0.15, 0.2) is 18.3 Å². The van der Waals surface area contributed by atoms with E-state index in [2.05, 4.69) is 9.72 Å². The molecule has 1 unspecified atom stereocenters. The standard InChI is InChI=1S/C9H9NO5/c1-5(11)9(14)15-7-6(8(12)13)3-2-4-10-7/h2-5,11H,1H3,(H,12,13). The SMILES string of the molecule is CC(O)C(=O)Oc1ncccc1C(=O)O. The second kappa shape index (κ2) is 4.52. The van der Waals surface area contributed by atoms with Gasteiger partial charge >= 0.3 is 11.9 Å². The zero-order chi connectivity index (χ0) is 11.4. The number of esters is 1. The van der Waals surface area contributed by atoms with Crippen LogP contribution in [-0.2, 0) is 4.79 Å². The van der Waals surface area contributed by atoms with Gasteiger partial charge < -0.3 is 14.9 Å². The number of carboxylic acids is 1. The molecule has 15 heavy (non-hydrogen) atoms. The lowest BCUT2D eigenvalue weighted by Crippen LogP contribution is -2.23. The second-order valence-electron chi connectivity index (χ2n) is 2.76. The summed E-state index contributed by atoms with van der Waals surface area (Å²) in [5, 5.41) is 17.6. The Balaban J connectivity index is 2.94. The maximum absolute atomic E-state index is 11.0. The monoisotopic (exact) mass is 211 g/mol. The highest BCUT2D eigenvalue weighted by Crippen LogP contribution is 2.14. The third kappa shape index (κ3) is 2.75. The lowest BCUT2D eigenvalue weighted by molar-refractivity contribution is -0.143. The van der Waals surface area contributed by atoms with Gasteiger partial charge in [0.15, 0.2) is 0 Å². The van der Waals surface area contributed by atoms with Gasteiger partial charge in [0.2, 0.25) is 5.88 Å². The number of hydrogen-bond acceptors (Lipinski definition) is 5. The van der Waals surface area contributed by atoms with Crippen molar-refractivity contribution in [3.8, 4) is 5.88 Å². The van der Waals surface area contributed by atoms with E-state index in [1.165, 1.54) is 25.3 Å². The number of ether oxygens (including phenoxy) is 1. The van der Waals surface area contributed by atoms with Gasteiger partial charge in [0, 0.05) is 6.20 Å². The van der Waals surface area contributed by atoms with Crippen LogP contribution in [0.1, 0.15) is 17.3 Å². The van der Waals surface area contributed by atoms with Gasteiger partial charge in [-0.15, -0.1) is 0 Å². The van der Waals surface area contributed by atoms with Crippen molar-refractivity contribution < 1.29 is 24.5 Å². The molecule has 1 atom stereocenters. The number of carbonyl (C=O) groups is 2. The number of pyridine rings is 1. The predicted molar refractivity (Wildman–Crippen MR) is 48.5 cm³/mol. The summed E-state index contributed by atoms with van der Waals surface area (Å²) in [6.07, 6.45) is -0.0365. The molecule has 1 heterocycles. The fourth-order valence-corrected chi connectivity index (χ4v) is 0.815. The molecule has 0 fully saturated rings. The summed E-state index contributed by atoms with van der Waals surface area (Å²) in [6.45, 7) is 1.21. The molecule has 0 bridgehead atoms. The Labute approximate surface area is 85.1 Å². The highest BCUT2D eigenvalue weighted by Gasteiger charge is 2.17. The Hall–Kier alpha value is -1.95. The number of aliphatic hydroxyl groups excluding tert-OH is 1. The lowest BCUT2D eigenvalue weighted by Gasteiger charge is -2.06. The molecule has 0 aliphatic carbocycles. The van der Waals surface area contributed by atoms with Gasteiger partial charge in [0.25, 0.3) is 0 Å². The molecule has 1 aromatic heterocycles. The number of aliphatic hydroxyl groups is 1. The average Bonchev–Trinajstić information content (AvgIpc) is 2.18. The minimum absolute atomic E-state index is 0.230. The van der Waals surface area contributed by atoms with Gasteiger partial charge in [-0.3, -0.25) is 0 Å². The molecule has 6 heteroatoms. The first-order valence-corrected chi connectivity index (χ1v) is 4.10. The zero-order valence-corrected chi connectivity index (χ0v) is 7.88. The lowest BCUT2D eigenvalue weighted by atomic mass is 10.3. The van der Waals surface area contributed by atoms with Crippen molar-refractivity contribution in [3.63, 3.8) is 0 Å². The van der Waals surface area contributed by atoms with Crippen LogP contribution in [0.5, 0.6) is 5.88 Å².